The monoisotopic (exact) mass is 360 g/mol. The Labute approximate surface area is 149 Å². The average molecular weight is 360 g/mol. The molecule has 5 nitrogen and oxygen atoms in total. The van der Waals surface area contributed by atoms with Gasteiger partial charge in [0.2, 0.25) is 15.9 Å². The Morgan fingerprint density at radius 1 is 1.00 bits per heavy atom. The number of carbonyl (C=O) groups excluding carboxylic acids is 1. The van der Waals surface area contributed by atoms with Crippen molar-refractivity contribution in [2.75, 3.05) is 5.32 Å². The van der Waals surface area contributed by atoms with Gasteiger partial charge in [-0.1, -0.05) is 29.8 Å². The first-order valence-electron chi connectivity index (χ1n) is 8.05. The Hall–Kier alpha value is -2.18. The Balaban J connectivity index is 2.13. The molecule has 0 aromatic heterocycles. The maximum atomic E-state index is 12.6. The van der Waals surface area contributed by atoms with Gasteiger partial charge in [0.05, 0.1) is 4.90 Å². The van der Waals surface area contributed by atoms with E-state index in [1.54, 1.807) is 12.1 Å². The van der Waals surface area contributed by atoms with E-state index >= 15 is 0 Å². The fourth-order valence-corrected chi connectivity index (χ4v) is 4.01. The number of sulfonamides is 1. The van der Waals surface area contributed by atoms with Gasteiger partial charge in [0.1, 0.15) is 0 Å². The fraction of sp³-hybridized carbons (Fsp3) is 0.316. The topological polar surface area (TPSA) is 75.3 Å². The summed E-state index contributed by atoms with van der Waals surface area (Å²) in [6, 6.07) is 14.2. The summed E-state index contributed by atoms with van der Waals surface area (Å²) in [5.74, 6) is -0.201. The zero-order chi connectivity index (χ0) is 18.7. The molecule has 0 aliphatic rings. The van der Waals surface area contributed by atoms with Gasteiger partial charge in [0.25, 0.3) is 0 Å². The Bertz CT molecular complexity index is 839. The van der Waals surface area contributed by atoms with Gasteiger partial charge < -0.3 is 5.32 Å². The van der Waals surface area contributed by atoms with Crippen molar-refractivity contribution in [3.05, 3.63) is 59.7 Å². The number of amides is 1. The second kappa shape index (κ2) is 7.37. The van der Waals surface area contributed by atoms with Gasteiger partial charge in [0.15, 0.2) is 0 Å². The van der Waals surface area contributed by atoms with Crippen LogP contribution in [0.3, 0.4) is 0 Å². The van der Waals surface area contributed by atoms with Crippen LogP contribution in [0, 0.1) is 6.92 Å². The number of benzene rings is 2. The summed E-state index contributed by atoms with van der Waals surface area (Å²) in [4.78, 5) is 11.2. The first-order valence-corrected chi connectivity index (χ1v) is 9.53. The van der Waals surface area contributed by atoms with E-state index in [2.05, 4.69) is 10.0 Å². The molecular weight excluding hydrogens is 336 g/mol. The van der Waals surface area contributed by atoms with Crippen LogP contribution in [-0.4, -0.2) is 19.9 Å². The molecule has 0 aliphatic heterocycles. The zero-order valence-corrected chi connectivity index (χ0v) is 15.8. The maximum Gasteiger partial charge on any atom is 0.241 e. The van der Waals surface area contributed by atoms with Gasteiger partial charge in [-0.25, -0.2) is 13.1 Å². The third-order valence-corrected chi connectivity index (χ3v) is 5.38. The second-order valence-corrected chi connectivity index (χ2v) is 8.54. The predicted molar refractivity (Wildman–Crippen MR) is 100 cm³/mol. The molecule has 134 valence electrons. The summed E-state index contributed by atoms with van der Waals surface area (Å²) in [6.07, 6.45) is 0.580. The Kier molecular flexibility index (Phi) is 5.65. The van der Waals surface area contributed by atoms with E-state index in [1.807, 2.05) is 45.0 Å². The molecule has 0 spiro atoms. The van der Waals surface area contributed by atoms with E-state index in [1.165, 1.54) is 24.6 Å². The fourth-order valence-electron chi connectivity index (χ4n) is 2.60. The lowest BCUT2D eigenvalue weighted by Crippen LogP contribution is -2.44. The van der Waals surface area contributed by atoms with E-state index in [4.69, 9.17) is 0 Å². The van der Waals surface area contributed by atoms with E-state index in [9.17, 15) is 13.2 Å². The van der Waals surface area contributed by atoms with Gasteiger partial charge in [-0.3, -0.25) is 4.79 Å². The number of hydrogen-bond donors (Lipinski definition) is 2. The zero-order valence-electron chi connectivity index (χ0n) is 15.0. The molecule has 0 aliphatic carbocycles. The third-order valence-electron chi connectivity index (χ3n) is 3.66. The summed E-state index contributed by atoms with van der Waals surface area (Å²) < 4.78 is 28.0. The van der Waals surface area contributed by atoms with Crippen LogP contribution in [0.1, 0.15) is 31.9 Å². The van der Waals surface area contributed by atoms with Gasteiger partial charge in [0, 0.05) is 18.2 Å². The van der Waals surface area contributed by atoms with Gasteiger partial charge in [-0.15, -0.1) is 0 Å². The van der Waals surface area contributed by atoms with Gasteiger partial charge in [-0.05, 0) is 57.0 Å². The highest BCUT2D eigenvalue weighted by Gasteiger charge is 2.26. The molecule has 2 rings (SSSR count). The van der Waals surface area contributed by atoms with Crippen LogP contribution in [0.4, 0.5) is 5.69 Å². The maximum absolute atomic E-state index is 12.6. The minimum Gasteiger partial charge on any atom is -0.326 e. The molecule has 1 amide bonds. The highest BCUT2D eigenvalue weighted by Crippen LogP contribution is 2.19. The smallest absolute Gasteiger partial charge is 0.241 e. The standard InChI is InChI=1S/C19H24N2O3S/c1-14-5-7-16(8-6-14)13-19(3,4)21-25(23,24)18-11-9-17(10-12-18)20-15(2)22/h5-12,21H,13H2,1-4H3,(H,20,22). The molecule has 0 unspecified atom stereocenters. The number of nitrogens with one attached hydrogen (secondary N) is 2. The van der Waals surface area contributed by atoms with Crippen molar-refractivity contribution in [1.29, 1.82) is 0 Å². The van der Waals surface area contributed by atoms with Crippen molar-refractivity contribution in [2.24, 2.45) is 0 Å². The highest BCUT2D eigenvalue weighted by atomic mass is 32.2. The minimum atomic E-state index is -3.65. The van der Waals surface area contributed by atoms with Crippen LogP contribution in [0.2, 0.25) is 0 Å². The second-order valence-electron chi connectivity index (χ2n) is 6.86. The number of anilines is 1. The SMILES string of the molecule is CC(=O)Nc1ccc(S(=O)(=O)NC(C)(C)Cc2ccc(C)cc2)cc1. The molecule has 0 heterocycles. The molecule has 2 N–H and O–H groups in total. The summed E-state index contributed by atoms with van der Waals surface area (Å²) in [6.45, 7) is 7.13. The molecule has 0 atom stereocenters. The van der Waals surface area contributed by atoms with Crippen LogP contribution in [0.15, 0.2) is 53.4 Å². The number of hydrogen-bond acceptors (Lipinski definition) is 3. The van der Waals surface area contributed by atoms with Crippen LogP contribution in [0.5, 0.6) is 0 Å². The normalized spacial score (nSPS) is 12.0. The van der Waals surface area contributed by atoms with Crippen LogP contribution < -0.4 is 10.0 Å². The van der Waals surface area contributed by atoms with Crippen molar-refractivity contribution in [3.63, 3.8) is 0 Å². The molecule has 0 bridgehead atoms. The lowest BCUT2D eigenvalue weighted by atomic mass is 9.96. The van der Waals surface area contributed by atoms with E-state index in [-0.39, 0.29) is 10.8 Å². The average Bonchev–Trinajstić information content (AvgIpc) is 2.48. The quantitative estimate of drug-likeness (QED) is 0.830. The molecule has 2 aromatic rings. The first kappa shape index (κ1) is 19.1. The summed E-state index contributed by atoms with van der Waals surface area (Å²) in [5.41, 5.74) is 2.16. The molecule has 0 radical (unpaired) electrons. The van der Waals surface area contributed by atoms with Crippen molar-refractivity contribution in [1.82, 2.24) is 4.72 Å². The molecule has 2 aromatic carbocycles. The molecular formula is C19H24N2O3S. The molecule has 0 saturated heterocycles. The highest BCUT2D eigenvalue weighted by molar-refractivity contribution is 7.89. The van der Waals surface area contributed by atoms with Gasteiger partial charge >= 0.3 is 0 Å². The van der Waals surface area contributed by atoms with Crippen LogP contribution >= 0.6 is 0 Å². The first-order chi connectivity index (χ1) is 11.6. The van der Waals surface area contributed by atoms with E-state index in [0.717, 1.165) is 5.56 Å². The largest absolute Gasteiger partial charge is 0.326 e. The number of carbonyl (C=O) groups is 1. The lowest BCUT2D eigenvalue weighted by Gasteiger charge is -2.26. The van der Waals surface area contributed by atoms with Crippen molar-refractivity contribution in [2.45, 2.75) is 44.6 Å². The van der Waals surface area contributed by atoms with E-state index in [0.29, 0.717) is 12.1 Å². The van der Waals surface area contributed by atoms with Crippen LogP contribution in [-0.2, 0) is 21.2 Å². The van der Waals surface area contributed by atoms with Crippen molar-refractivity contribution >= 4 is 21.6 Å². The van der Waals surface area contributed by atoms with Crippen molar-refractivity contribution < 1.29 is 13.2 Å². The number of aryl methyl sites for hydroxylation is 1. The Morgan fingerprint density at radius 2 is 1.56 bits per heavy atom. The lowest BCUT2D eigenvalue weighted by molar-refractivity contribution is -0.114. The number of rotatable bonds is 6. The molecule has 0 saturated carbocycles. The van der Waals surface area contributed by atoms with E-state index < -0.39 is 15.6 Å². The van der Waals surface area contributed by atoms with Gasteiger partial charge in [-0.2, -0.15) is 0 Å². The van der Waals surface area contributed by atoms with Crippen molar-refractivity contribution in [3.8, 4) is 0 Å². The third kappa shape index (κ3) is 5.69. The molecule has 6 heteroatoms. The predicted octanol–water partition coefficient (Wildman–Crippen LogP) is 3.25. The molecule has 25 heavy (non-hydrogen) atoms. The Morgan fingerprint density at radius 3 is 2.08 bits per heavy atom. The molecule has 0 fully saturated rings. The minimum absolute atomic E-state index is 0.165. The summed E-state index contributed by atoms with van der Waals surface area (Å²) in [7, 11) is -3.65. The van der Waals surface area contributed by atoms with Crippen LogP contribution in [0.25, 0.3) is 0 Å². The summed E-state index contributed by atoms with van der Waals surface area (Å²) in [5, 5.41) is 2.61. The summed E-state index contributed by atoms with van der Waals surface area (Å²) >= 11 is 0.